The fourth-order valence-electron chi connectivity index (χ4n) is 1.62. The number of benzene rings is 1. The molecule has 4 nitrogen and oxygen atoms in total. The SMILES string of the molecule is CCOc1ccccc1-c1nnc(CCNC)s1. The zero-order chi connectivity index (χ0) is 12.8. The lowest BCUT2D eigenvalue weighted by molar-refractivity contribution is 0.341. The molecule has 0 radical (unpaired) electrons. The van der Waals surface area contributed by atoms with Crippen LogP contribution in [0.2, 0.25) is 0 Å². The lowest BCUT2D eigenvalue weighted by Gasteiger charge is -2.06. The van der Waals surface area contributed by atoms with Crippen molar-refractivity contribution < 1.29 is 4.74 Å². The van der Waals surface area contributed by atoms with Crippen LogP contribution in [0, 0.1) is 0 Å². The number of nitrogens with one attached hydrogen (secondary N) is 1. The molecule has 0 aliphatic heterocycles. The van der Waals surface area contributed by atoms with E-state index in [0.29, 0.717) is 6.61 Å². The summed E-state index contributed by atoms with van der Waals surface area (Å²) in [6.45, 7) is 3.55. The van der Waals surface area contributed by atoms with E-state index in [1.807, 2.05) is 38.2 Å². The number of aromatic nitrogens is 2. The first-order chi connectivity index (χ1) is 8.85. The molecule has 0 aliphatic carbocycles. The molecule has 2 rings (SSSR count). The molecule has 1 aromatic heterocycles. The van der Waals surface area contributed by atoms with Crippen molar-refractivity contribution in [3.05, 3.63) is 29.3 Å². The molecule has 0 fully saturated rings. The van der Waals surface area contributed by atoms with E-state index in [1.165, 1.54) is 0 Å². The molecule has 0 unspecified atom stereocenters. The Morgan fingerprint density at radius 2 is 2.11 bits per heavy atom. The molecule has 0 saturated heterocycles. The lowest BCUT2D eigenvalue weighted by Crippen LogP contribution is -2.09. The first-order valence-electron chi connectivity index (χ1n) is 6.04. The van der Waals surface area contributed by atoms with Gasteiger partial charge in [0, 0.05) is 13.0 Å². The van der Waals surface area contributed by atoms with E-state index < -0.39 is 0 Å². The highest BCUT2D eigenvalue weighted by atomic mass is 32.1. The van der Waals surface area contributed by atoms with Crippen LogP contribution in [0.5, 0.6) is 5.75 Å². The van der Waals surface area contributed by atoms with E-state index in [2.05, 4.69) is 15.5 Å². The summed E-state index contributed by atoms with van der Waals surface area (Å²) >= 11 is 1.62. The zero-order valence-electron chi connectivity index (χ0n) is 10.6. The molecule has 18 heavy (non-hydrogen) atoms. The second-order valence-corrected chi connectivity index (χ2v) is 4.85. The summed E-state index contributed by atoms with van der Waals surface area (Å²) in [6, 6.07) is 7.95. The molecule has 1 aromatic carbocycles. The van der Waals surface area contributed by atoms with Crippen molar-refractivity contribution in [1.82, 2.24) is 15.5 Å². The van der Waals surface area contributed by atoms with Gasteiger partial charge in [-0.3, -0.25) is 0 Å². The van der Waals surface area contributed by atoms with Gasteiger partial charge in [-0.05, 0) is 26.1 Å². The average Bonchev–Trinajstić information content (AvgIpc) is 2.86. The minimum Gasteiger partial charge on any atom is -0.493 e. The zero-order valence-corrected chi connectivity index (χ0v) is 11.5. The van der Waals surface area contributed by atoms with Crippen LogP contribution in [0.25, 0.3) is 10.6 Å². The molecule has 0 bridgehead atoms. The van der Waals surface area contributed by atoms with Crippen LogP contribution >= 0.6 is 11.3 Å². The minimum atomic E-state index is 0.655. The van der Waals surface area contributed by atoms with Gasteiger partial charge < -0.3 is 10.1 Å². The molecule has 0 amide bonds. The number of hydrogen-bond acceptors (Lipinski definition) is 5. The van der Waals surface area contributed by atoms with Gasteiger partial charge in [-0.1, -0.05) is 23.5 Å². The van der Waals surface area contributed by atoms with Crippen molar-refractivity contribution in [3.8, 4) is 16.3 Å². The van der Waals surface area contributed by atoms with Gasteiger partial charge >= 0.3 is 0 Å². The predicted octanol–water partition coefficient (Wildman–Crippen LogP) is 2.37. The third-order valence-electron chi connectivity index (χ3n) is 2.47. The number of ether oxygens (including phenoxy) is 1. The summed E-state index contributed by atoms with van der Waals surface area (Å²) < 4.78 is 5.61. The Hall–Kier alpha value is -1.46. The van der Waals surface area contributed by atoms with Crippen molar-refractivity contribution in [2.75, 3.05) is 20.2 Å². The van der Waals surface area contributed by atoms with Crippen LogP contribution in [0.15, 0.2) is 24.3 Å². The number of likely N-dealkylation sites (N-methyl/N-ethyl adjacent to an activating group) is 1. The van der Waals surface area contributed by atoms with E-state index in [1.54, 1.807) is 11.3 Å². The Kier molecular flexibility index (Phi) is 4.66. The van der Waals surface area contributed by atoms with Crippen molar-refractivity contribution in [1.29, 1.82) is 0 Å². The van der Waals surface area contributed by atoms with E-state index in [9.17, 15) is 0 Å². The minimum absolute atomic E-state index is 0.655. The van der Waals surface area contributed by atoms with E-state index in [-0.39, 0.29) is 0 Å². The predicted molar refractivity (Wildman–Crippen MR) is 74.1 cm³/mol. The number of hydrogen-bond donors (Lipinski definition) is 1. The number of nitrogens with zero attached hydrogens (tertiary/aromatic N) is 2. The van der Waals surface area contributed by atoms with Gasteiger partial charge in [-0.25, -0.2) is 0 Å². The van der Waals surface area contributed by atoms with Gasteiger partial charge in [-0.2, -0.15) is 0 Å². The van der Waals surface area contributed by atoms with Crippen LogP contribution in [0.4, 0.5) is 0 Å². The van der Waals surface area contributed by atoms with E-state index in [0.717, 1.165) is 34.3 Å². The first-order valence-corrected chi connectivity index (χ1v) is 6.86. The second-order valence-electron chi connectivity index (χ2n) is 3.78. The van der Waals surface area contributed by atoms with Crippen LogP contribution in [0.3, 0.4) is 0 Å². The average molecular weight is 263 g/mol. The highest BCUT2D eigenvalue weighted by molar-refractivity contribution is 7.14. The summed E-state index contributed by atoms with van der Waals surface area (Å²) in [4.78, 5) is 0. The van der Waals surface area contributed by atoms with E-state index in [4.69, 9.17) is 4.74 Å². The van der Waals surface area contributed by atoms with Crippen molar-refractivity contribution in [2.24, 2.45) is 0 Å². The van der Waals surface area contributed by atoms with Gasteiger partial charge in [0.05, 0.1) is 12.2 Å². The smallest absolute Gasteiger partial charge is 0.151 e. The van der Waals surface area contributed by atoms with Gasteiger partial charge in [0.25, 0.3) is 0 Å². The molecule has 0 aliphatic rings. The van der Waals surface area contributed by atoms with Gasteiger partial charge in [-0.15, -0.1) is 10.2 Å². The second kappa shape index (κ2) is 6.47. The Morgan fingerprint density at radius 3 is 2.89 bits per heavy atom. The third kappa shape index (κ3) is 3.05. The molecular formula is C13H17N3OS. The third-order valence-corrected chi connectivity index (χ3v) is 3.49. The number of para-hydroxylation sites is 1. The largest absolute Gasteiger partial charge is 0.493 e. The Balaban J connectivity index is 2.22. The summed E-state index contributed by atoms with van der Waals surface area (Å²) in [6.07, 6.45) is 0.908. The highest BCUT2D eigenvalue weighted by Crippen LogP contribution is 2.31. The van der Waals surface area contributed by atoms with E-state index >= 15 is 0 Å². The standard InChI is InChI=1S/C13H17N3OS/c1-3-17-11-7-5-4-6-10(11)13-16-15-12(18-13)8-9-14-2/h4-7,14H,3,8-9H2,1-2H3. The maximum atomic E-state index is 5.61. The summed E-state index contributed by atoms with van der Waals surface area (Å²) in [7, 11) is 1.94. The maximum Gasteiger partial charge on any atom is 0.151 e. The first kappa shape index (κ1) is 13.0. The quantitative estimate of drug-likeness (QED) is 0.869. The molecule has 1 N–H and O–H groups in total. The lowest BCUT2D eigenvalue weighted by atomic mass is 10.2. The molecule has 0 saturated carbocycles. The molecule has 1 heterocycles. The highest BCUT2D eigenvalue weighted by Gasteiger charge is 2.11. The summed E-state index contributed by atoms with van der Waals surface area (Å²) in [5.74, 6) is 0.872. The van der Waals surface area contributed by atoms with Gasteiger partial charge in [0.15, 0.2) is 5.01 Å². The van der Waals surface area contributed by atoms with Crippen LogP contribution < -0.4 is 10.1 Å². The van der Waals surface area contributed by atoms with Crippen molar-refractivity contribution >= 4 is 11.3 Å². The Bertz CT molecular complexity index is 498. The maximum absolute atomic E-state index is 5.61. The number of rotatable bonds is 6. The fraction of sp³-hybridized carbons (Fsp3) is 0.385. The Labute approximate surface area is 111 Å². The summed E-state index contributed by atoms with van der Waals surface area (Å²) in [5, 5.41) is 13.5. The molecular weight excluding hydrogens is 246 g/mol. The molecule has 0 atom stereocenters. The summed E-state index contributed by atoms with van der Waals surface area (Å²) in [5.41, 5.74) is 1.02. The fourth-order valence-corrected chi connectivity index (χ4v) is 2.49. The molecule has 0 spiro atoms. The van der Waals surface area contributed by atoms with Crippen LogP contribution in [0.1, 0.15) is 11.9 Å². The monoisotopic (exact) mass is 263 g/mol. The van der Waals surface area contributed by atoms with Crippen LogP contribution in [-0.4, -0.2) is 30.4 Å². The van der Waals surface area contributed by atoms with Crippen molar-refractivity contribution in [3.63, 3.8) is 0 Å². The topological polar surface area (TPSA) is 47.0 Å². The van der Waals surface area contributed by atoms with Gasteiger partial charge in [0.2, 0.25) is 0 Å². The molecule has 2 aromatic rings. The Morgan fingerprint density at radius 1 is 1.28 bits per heavy atom. The van der Waals surface area contributed by atoms with Crippen LogP contribution in [-0.2, 0) is 6.42 Å². The normalized spacial score (nSPS) is 10.6. The van der Waals surface area contributed by atoms with Gasteiger partial charge in [0.1, 0.15) is 10.8 Å². The molecule has 96 valence electrons. The molecule has 5 heteroatoms. The van der Waals surface area contributed by atoms with Crippen molar-refractivity contribution in [2.45, 2.75) is 13.3 Å².